The first-order valence-electron chi connectivity index (χ1n) is 6.92. The summed E-state index contributed by atoms with van der Waals surface area (Å²) in [5.41, 5.74) is 2.30. The Labute approximate surface area is 109 Å². The third-order valence-electron chi connectivity index (χ3n) is 5.51. The van der Waals surface area contributed by atoms with Gasteiger partial charge in [-0.2, -0.15) is 0 Å². The number of allylic oxidation sites excluding steroid dienone is 1. The summed E-state index contributed by atoms with van der Waals surface area (Å²) < 4.78 is 0. The standard InChI is InChI=1S/C15H25Br/c1-4-11(2)13-7-8-14-12(10-16)6-5-9-15(13,14)3/h10-11,13-14H,4-9H2,1-3H3/t11-,13-,14?,15-/m1/s1. The van der Waals surface area contributed by atoms with Crippen LogP contribution in [0, 0.1) is 23.2 Å². The summed E-state index contributed by atoms with van der Waals surface area (Å²) in [4.78, 5) is 2.23. The summed E-state index contributed by atoms with van der Waals surface area (Å²) in [6.45, 7) is 7.38. The van der Waals surface area contributed by atoms with E-state index >= 15 is 0 Å². The Kier molecular flexibility index (Phi) is 3.83. The van der Waals surface area contributed by atoms with E-state index in [-0.39, 0.29) is 0 Å². The highest BCUT2D eigenvalue weighted by atomic mass is 79.9. The molecule has 0 nitrogen and oxygen atoms in total. The molecule has 2 saturated carbocycles. The number of hydrogen-bond acceptors (Lipinski definition) is 0. The Morgan fingerprint density at radius 1 is 1.50 bits per heavy atom. The molecule has 0 aromatic rings. The molecule has 0 aromatic carbocycles. The Balaban J connectivity index is 2.23. The maximum atomic E-state index is 3.58. The molecular formula is C15H25Br. The second-order valence-corrected chi connectivity index (χ2v) is 6.62. The Hall–Kier alpha value is 0.220. The third-order valence-corrected chi connectivity index (χ3v) is 6.10. The fourth-order valence-corrected chi connectivity index (χ4v) is 4.98. The Morgan fingerprint density at radius 3 is 2.88 bits per heavy atom. The van der Waals surface area contributed by atoms with E-state index in [0.717, 1.165) is 17.8 Å². The SMILES string of the molecule is CC[C@@H](C)[C@H]1CCC2C(=CBr)CCC[C@@]21C. The van der Waals surface area contributed by atoms with E-state index in [2.05, 4.69) is 41.7 Å². The highest BCUT2D eigenvalue weighted by Crippen LogP contribution is 2.59. The topological polar surface area (TPSA) is 0 Å². The molecule has 0 spiro atoms. The van der Waals surface area contributed by atoms with Crippen LogP contribution in [0.15, 0.2) is 10.6 Å². The average Bonchev–Trinajstić information content (AvgIpc) is 2.64. The van der Waals surface area contributed by atoms with Gasteiger partial charge in [0.25, 0.3) is 0 Å². The highest BCUT2D eigenvalue weighted by molar-refractivity contribution is 9.11. The van der Waals surface area contributed by atoms with Crippen LogP contribution in [0.1, 0.15) is 59.3 Å². The molecule has 16 heavy (non-hydrogen) atoms. The second kappa shape index (κ2) is 4.84. The molecule has 0 saturated heterocycles. The van der Waals surface area contributed by atoms with Gasteiger partial charge in [0.1, 0.15) is 0 Å². The monoisotopic (exact) mass is 284 g/mol. The molecule has 2 fully saturated rings. The van der Waals surface area contributed by atoms with Crippen LogP contribution in [0.25, 0.3) is 0 Å². The lowest BCUT2D eigenvalue weighted by Gasteiger charge is -2.44. The van der Waals surface area contributed by atoms with Crippen molar-refractivity contribution >= 4 is 15.9 Å². The molecule has 0 aromatic heterocycles. The molecule has 2 aliphatic rings. The van der Waals surface area contributed by atoms with Gasteiger partial charge < -0.3 is 0 Å². The summed E-state index contributed by atoms with van der Waals surface area (Å²) in [5.74, 6) is 2.74. The molecule has 2 rings (SSSR count). The molecule has 0 N–H and O–H groups in total. The number of fused-ring (bicyclic) bond motifs is 1. The van der Waals surface area contributed by atoms with Gasteiger partial charge in [-0.15, -0.1) is 0 Å². The molecule has 0 aliphatic heterocycles. The minimum Gasteiger partial charge on any atom is -0.0651 e. The van der Waals surface area contributed by atoms with E-state index in [9.17, 15) is 0 Å². The predicted octanol–water partition coefficient (Wildman–Crippen LogP) is 5.53. The molecule has 92 valence electrons. The van der Waals surface area contributed by atoms with Crippen molar-refractivity contribution in [2.24, 2.45) is 23.2 Å². The first-order chi connectivity index (χ1) is 7.63. The maximum absolute atomic E-state index is 3.58. The summed E-state index contributed by atoms with van der Waals surface area (Å²) in [5, 5.41) is 0. The first kappa shape index (κ1) is 12.7. The van der Waals surface area contributed by atoms with Gasteiger partial charge in [0.15, 0.2) is 0 Å². The van der Waals surface area contributed by atoms with Gasteiger partial charge >= 0.3 is 0 Å². The van der Waals surface area contributed by atoms with Crippen LogP contribution in [0.2, 0.25) is 0 Å². The molecular weight excluding hydrogens is 260 g/mol. The molecule has 0 heterocycles. The normalized spacial score (nSPS) is 43.4. The molecule has 0 radical (unpaired) electrons. The lowest BCUT2D eigenvalue weighted by atomic mass is 9.61. The van der Waals surface area contributed by atoms with Gasteiger partial charge in [0.2, 0.25) is 0 Å². The summed E-state index contributed by atoms with van der Waals surface area (Å²) in [6, 6.07) is 0. The van der Waals surface area contributed by atoms with Crippen molar-refractivity contribution in [3.05, 3.63) is 10.6 Å². The van der Waals surface area contributed by atoms with Crippen LogP contribution < -0.4 is 0 Å². The summed E-state index contributed by atoms with van der Waals surface area (Å²) in [7, 11) is 0. The van der Waals surface area contributed by atoms with Gasteiger partial charge in [-0.3, -0.25) is 0 Å². The summed E-state index contributed by atoms with van der Waals surface area (Å²) >= 11 is 3.58. The van der Waals surface area contributed by atoms with Crippen molar-refractivity contribution in [1.82, 2.24) is 0 Å². The van der Waals surface area contributed by atoms with Crippen molar-refractivity contribution in [2.75, 3.05) is 0 Å². The van der Waals surface area contributed by atoms with Gasteiger partial charge in [-0.25, -0.2) is 0 Å². The molecule has 1 unspecified atom stereocenters. The smallest absolute Gasteiger partial charge is 0.0138 e. The van der Waals surface area contributed by atoms with Crippen LogP contribution in [0.5, 0.6) is 0 Å². The average molecular weight is 285 g/mol. The van der Waals surface area contributed by atoms with Gasteiger partial charge in [0, 0.05) is 0 Å². The van der Waals surface area contributed by atoms with Gasteiger partial charge in [-0.05, 0) is 60.3 Å². The zero-order valence-corrected chi connectivity index (χ0v) is 12.5. The zero-order chi connectivity index (χ0) is 11.8. The Bertz CT molecular complexity index is 281. The molecule has 2 aliphatic carbocycles. The van der Waals surface area contributed by atoms with Crippen molar-refractivity contribution in [3.8, 4) is 0 Å². The lowest BCUT2D eigenvalue weighted by molar-refractivity contribution is 0.0963. The molecule has 4 atom stereocenters. The fourth-order valence-electron chi connectivity index (χ4n) is 4.43. The minimum atomic E-state index is 0.604. The van der Waals surface area contributed by atoms with Gasteiger partial charge in [-0.1, -0.05) is 48.7 Å². The number of hydrogen-bond donors (Lipinski definition) is 0. The van der Waals surface area contributed by atoms with Crippen LogP contribution in [-0.2, 0) is 0 Å². The van der Waals surface area contributed by atoms with E-state index in [0.29, 0.717) is 5.41 Å². The Morgan fingerprint density at radius 2 is 2.25 bits per heavy atom. The number of halogens is 1. The lowest BCUT2D eigenvalue weighted by Crippen LogP contribution is -2.35. The summed E-state index contributed by atoms with van der Waals surface area (Å²) in [6.07, 6.45) is 8.43. The van der Waals surface area contributed by atoms with Crippen molar-refractivity contribution in [3.63, 3.8) is 0 Å². The van der Waals surface area contributed by atoms with E-state index in [1.807, 2.05) is 0 Å². The predicted molar refractivity (Wildman–Crippen MR) is 74.6 cm³/mol. The van der Waals surface area contributed by atoms with E-state index in [1.165, 1.54) is 38.5 Å². The quantitative estimate of drug-likeness (QED) is 0.626. The fraction of sp³-hybridized carbons (Fsp3) is 0.867. The molecule has 0 amide bonds. The largest absolute Gasteiger partial charge is 0.0651 e. The third kappa shape index (κ3) is 1.89. The van der Waals surface area contributed by atoms with Crippen molar-refractivity contribution in [1.29, 1.82) is 0 Å². The molecule has 1 heteroatoms. The maximum Gasteiger partial charge on any atom is -0.0138 e. The zero-order valence-electron chi connectivity index (χ0n) is 10.9. The van der Waals surface area contributed by atoms with E-state index < -0.39 is 0 Å². The van der Waals surface area contributed by atoms with Gasteiger partial charge in [0.05, 0.1) is 0 Å². The van der Waals surface area contributed by atoms with Crippen molar-refractivity contribution in [2.45, 2.75) is 59.3 Å². The number of rotatable bonds is 2. The van der Waals surface area contributed by atoms with Crippen LogP contribution >= 0.6 is 15.9 Å². The van der Waals surface area contributed by atoms with Crippen LogP contribution in [-0.4, -0.2) is 0 Å². The van der Waals surface area contributed by atoms with Crippen molar-refractivity contribution < 1.29 is 0 Å². The minimum absolute atomic E-state index is 0.604. The first-order valence-corrected chi connectivity index (χ1v) is 7.84. The van der Waals surface area contributed by atoms with E-state index in [4.69, 9.17) is 0 Å². The van der Waals surface area contributed by atoms with E-state index in [1.54, 1.807) is 5.57 Å². The van der Waals surface area contributed by atoms with Crippen LogP contribution in [0.4, 0.5) is 0 Å². The highest BCUT2D eigenvalue weighted by Gasteiger charge is 2.50. The van der Waals surface area contributed by atoms with Crippen LogP contribution in [0.3, 0.4) is 0 Å². The molecule has 0 bridgehead atoms. The second-order valence-electron chi connectivity index (χ2n) is 6.17.